The van der Waals surface area contributed by atoms with Crippen molar-refractivity contribution in [3.05, 3.63) is 29.8 Å². The lowest BCUT2D eigenvalue weighted by molar-refractivity contribution is -0.125. The van der Waals surface area contributed by atoms with Crippen LogP contribution in [0.1, 0.15) is 5.56 Å². The number of anilines is 1. The maximum Gasteiger partial charge on any atom is 0.319 e. The summed E-state index contributed by atoms with van der Waals surface area (Å²) in [5.74, 6) is -3.99. The van der Waals surface area contributed by atoms with Crippen LogP contribution in [0.3, 0.4) is 0 Å². The lowest BCUT2D eigenvalue weighted by Gasteiger charge is -2.29. The normalized spacial score (nSPS) is 16.5. The molecule has 0 unspecified atom stereocenters. The second-order valence-electron chi connectivity index (χ2n) is 4.93. The fourth-order valence-corrected chi connectivity index (χ4v) is 2.10. The summed E-state index contributed by atoms with van der Waals surface area (Å²) in [5, 5.41) is 2.36. The summed E-state index contributed by atoms with van der Waals surface area (Å²) in [4.78, 5) is 2.17. The van der Waals surface area contributed by atoms with Gasteiger partial charge in [-0.15, -0.1) is 0 Å². The monoisotopic (exact) mass is 306 g/mol. The number of nitrogens with zero attached hydrogens (tertiary/aromatic N) is 1. The van der Waals surface area contributed by atoms with Crippen molar-refractivity contribution in [1.29, 1.82) is 0 Å². The Balaban J connectivity index is 1.82. The topological polar surface area (TPSA) is 24.5 Å². The number of ether oxygens (including phenoxy) is 1. The fourth-order valence-electron chi connectivity index (χ4n) is 2.10. The van der Waals surface area contributed by atoms with Gasteiger partial charge in [0.25, 0.3) is 0 Å². The number of rotatable bonds is 6. The molecule has 2 rings (SSSR count). The second kappa shape index (κ2) is 7.09. The van der Waals surface area contributed by atoms with Gasteiger partial charge < -0.3 is 15.0 Å². The van der Waals surface area contributed by atoms with Crippen molar-refractivity contribution < 1.29 is 22.3 Å². The predicted molar refractivity (Wildman–Crippen MR) is 72.1 cm³/mol. The molecule has 3 nitrogen and oxygen atoms in total. The van der Waals surface area contributed by atoms with E-state index in [-0.39, 0.29) is 6.54 Å². The van der Waals surface area contributed by atoms with Gasteiger partial charge in [0.05, 0.1) is 19.8 Å². The van der Waals surface area contributed by atoms with Gasteiger partial charge in [-0.3, -0.25) is 0 Å². The Morgan fingerprint density at radius 3 is 2.33 bits per heavy atom. The quantitative estimate of drug-likeness (QED) is 0.817. The van der Waals surface area contributed by atoms with E-state index in [4.69, 9.17) is 4.74 Å². The van der Waals surface area contributed by atoms with E-state index in [0.717, 1.165) is 24.3 Å². The molecule has 1 aromatic rings. The minimum atomic E-state index is -3.99. The molecule has 118 valence electrons. The summed E-state index contributed by atoms with van der Waals surface area (Å²) < 4.78 is 54.7. The Bertz CT molecular complexity index is 433. The minimum absolute atomic E-state index is 0.131. The van der Waals surface area contributed by atoms with Crippen LogP contribution in [0.15, 0.2) is 24.3 Å². The maximum atomic E-state index is 12.7. The van der Waals surface area contributed by atoms with Gasteiger partial charge in [-0.2, -0.15) is 8.78 Å². The first-order valence-electron chi connectivity index (χ1n) is 6.77. The lowest BCUT2D eigenvalue weighted by atomic mass is 10.2. The van der Waals surface area contributed by atoms with Crippen molar-refractivity contribution in [2.24, 2.45) is 0 Å². The van der Waals surface area contributed by atoms with E-state index in [1.165, 1.54) is 0 Å². The highest BCUT2D eigenvalue weighted by atomic mass is 19.3. The van der Waals surface area contributed by atoms with Gasteiger partial charge in [0, 0.05) is 25.3 Å². The Hall–Kier alpha value is -1.34. The molecule has 0 bridgehead atoms. The number of morpholine rings is 1. The molecule has 0 aliphatic carbocycles. The van der Waals surface area contributed by atoms with Gasteiger partial charge in [-0.25, -0.2) is 8.78 Å². The van der Waals surface area contributed by atoms with E-state index in [1.807, 2.05) is 12.1 Å². The molecular weight excluding hydrogens is 288 g/mol. The van der Waals surface area contributed by atoms with Crippen LogP contribution >= 0.6 is 0 Å². The van der Waals surface area contributed by atoms with E-state index in [2.05, 4.69) is 10.2 Å². The third kappa shape index (κ3) is 4.57. The van der Waals surface area contributed by atoms with Crippen LogP contribution in [-0.4, -0.2) is 45.2 Å². The summed E-state index contributed by atoms with van der Waals surface area (Å²) in [6.45, 7) is 2.11. The van der Waals surface area contributed by atoms with Crippen LogP contribution in [0.25, 0.3) is 0 Å². The minimum Gasteiger partial charge on any atom is -0.378 e. The number of alkyl halides is 4. The van der Waals surface area contributed by atoms with Crippen molar-refractivity contribution in [2.45, 2.75) is 18.9 Å². The van der Waals surface area contributed by atoms with Crippen molar-refractivity contribution in [1.82, 2.24) is 5.32 Å². The smallest absolute Gasteiger partial charge is 0.319 e. The summed E-state index contributed by atoms with van der Waals surface area (Å²) in [6.07, 6.45) is -3.64. The molecule has 0 spiro atoms. The van der Waals surface area contributed by atoms with E-state index >= 15 is 0 Å². The zero-order valence-corrected chi connectivity index (χ0v) is 11.5. The predicted octanol–water partition coefficient (Wildman–Crippen LogP) is 2.51. The average Bonchev–Trinajstić information content (AvgIpc) is 2.48. The molecule has 0 saturated carbocycles. The third-order valence-corrected chi connectivity index (χ3v) is 3.32. The van der Waals surface area contributed by atoms with Crippen molar-refractivity contribution in [3.8, 4) is 0 Å². The Morgan fingerprint density at radius 1 is 1.14 bits per heavy atom. The first-order chi connectivity index (χ1) is 9.99. The molecular formula is C14H18F4N2O. The van der Waals surface area contributed by atoms with Crippen LogP contribution in [0, 0.1) is 0 Å². The number of benzene rings is 1. The number of hydrogen-bond acceptors (Lipinski definition) is 3. The molecule has 7 heteroatoms. The van der Waals surface area contributed by atoms with E-state index in [0.29, 0.717) is 13.2 Å². The molecule has 1 saturated heterocycles. The number of nitrogens with one attached hydrogen (secondary N) is 1. The number of hydrogen-bond donors (Lipinski definition) is 1. The van der Waals surface area contributed by atoms with Crippen LogP contribution in [0.4, 0.5) is 23.2 Å². The van der Waals surface area contributed by atoms with E-state index < -0.39 is 18.9 Å². The van der Waals surface area contributed by atoms with Gasteiger partial charge in [0.2, 0.25) is 0 Å². The van der Waals surface area contributed by atoms with Crippen molar-refractivity contribution >= 4 is 5.69 Å². The molecule has 1 N–H and O–H groups in total. The largest absolute Gasteiger partial charge is 0.378 e. The van der Waals surface area contributed by atoms with Gasteiger partial charge >= 0.3 is 12.3 Å². The molecule has 0 amide bonds. The lowest BCUT2D eigenvalue weighted by Crippen LogP contribution is -2.38. The molecule has 1 heterocycles. The van der Waals surface area contributed by atoms with Gasteiger partial charge in [-0.1, -0.05) is 12.1 Å². The second-order valence-corrected chi connectivity index (χ2v) is 4.93. The van der Waals surface area contributed by atoms with Crippen LogP contribution < -0.4 is 10.2 Å². The first kappa shape index (κ1) is 16.0. The summed E-state index contributed by atoms with van der Waals surface area (Å²) >= 11 is 0. The average molecular weight is 306 g/mol. The first-order valence-corrected chi connectivity index (χ1v) is 6.77. The summed E-state index contributed by atoms with van der Waals surface area (Å²) in [7, 11) is 0. The number of halogens is 4. The molecule has 1 aromatic carbocycles. The Morgan fingerprint density at radius 2 is 1.76 bits per heavy atom. The zero-order chi connectivity index (χ0) is 15.3. The Labute approximate surface area is 120 Å². The molecule has 1 aliphatic rings. The highest BCUT2D eigenvalue weighted by molar-refractivity contribution is 5.47. The molecule has 0 atom stereocenters. The molecule has 0 radical (unpaired) electrons. The molecule has 0 aromatic heterocycles. The molecule has 1 fully saturated rings. The van der Waals surface area contributed by atoms with Crippen molar-refractivity contribution in [2.75, 3.05) is 37.7 Å². The highest BCUT2D eigenvalue weighted by Crippen LogP contribution is 2.22. The molecule has 21 heavy (non-hydrogen) atoms. The summed E-state index contributed by atoms with van der Waals surface area (Å²) in [6, 6.07) is 7.40. The zero-order valence-electron chi connectivity index (χ0n) is 11.5. The van der Waals surface area contributed by atoms with Gasteiger partial charge in [-0.05, 0) is 17.7 Å². The SMILES string of the molecule is FC(F)C(F)(F)CNCc1ccc(N2CCOCC2)cc1. The van der Waals surface area contributed by atoms with E-state index in [1.54, 1.807) is 12.1 Å². The van der Waals surface area contributed by atoms with E-state index in [9.17, 15) is 17.6 Å². The molecule has 1 aliphatic heterocycles. The standard InChI is InChI=1S/C14H18F4N2O/c15-13(16)14(17,18)10-19-9-11-1-3-12(4-2-11)20-5-7-21-8-6-20/h1-4,13,19H,5-10H2. The summed E-state index contributed by atoms with van der Waals surface area (Å²) in [5.41, 5.74) is 1.82. The van der Waals surface area contributed by atoms with Crippen LogP contribution in [-0.2, 0) is 11.3 Å². The van der Waals surface area contributed by atoms with Crippen LogP contribution in [0.2, 0.25) is 0 Å². The fraction of sp³-hybridized carbons (Fsp3) is 0.571. The van der Waals surface area contributed by atoms with Gasteiger partial charge in [0.1, 0.15) is 0 Å². The van der Waals surface area contributed by atoms with Crippen molar-refractivity contribution in [3.63, 3.8) is 0 Å². The van der Waals surface area contributed by atoms with Crippen LogP contribution in [0.5, 0.6) is 0 Å². The van der Waals surface area contributed by atoms with Gasteiger partial charge in [0.15, 0.2) is 0 Å². The highest BCUT2D eigenvalue weighted by Gasteiger charge is 2.39. The third-order valence-electron chi connectivity index (χ3n) is 3.32. The maximum absolute atomic E-state index is 12.7. The Kier molecular flexibility index (Phi) is 5.41.